The Morgan fingerprint density at radius 3 is 2.27 bits per heavy atom. The van der Waals surface area contributed by atoms with Gasteiger partial charge in [-0.1, -0.05) is 51.1 Å². The fraction of sp³-hybridized carbons (Fsp3) is 0.591. The zero-order valence-electron chi connectivity index (χ0n) is 19.3. The number of benzene rings is 1. The van der Waals surface area contributed by atoms with Gasteiger partial charge < -0.3 is 20.3 Å². The minimum absolute atomic E-state index is 0.0438. The van der Waals surface area contributed by atoms with Gasteiger partial charge in [-0.05, 0) is 18.4 Å². The molecule has 2 unspecified atom stereocenters. The lowest BCUT2D eigenvalue weighted by Crippen LogP contribution is -2.50. The van der Waals surface area contributed by atoms with Crippen molar-refractivity contribution in [3.8, 4) is 0 Å². The third-order valence-electron chi connectivity index (χ3n) is 4.98. The summed E-state index contributed by atoms with van der Waals surface area (Å²) in [6.45, 7) is 5.81. The molecule has 1 rings (SSSR count). The molecule has 11 heteroatoms. The third kappa shape index (κ3) is 9.10. The van der Waals surface area contributed by atoms with E-state index in [1.54, 1.807) is 37.3 Å². The lowest BCUT2D eigenvalue weighted by molar-refractivity contribution is -0.172. The van der Waals surface area contributed by atoms with Gasteiger partial charge in [-0.25, -0.2) is 4.79 Å². The summed E-state index contributed by atoms with van der Waals surface area (Å²) in [7, 11) is -4.27. The molecule has 0 fully saturated rings. The normalized spacial score (nSPS) is 14.7. The van der Waals surface area contributed by atoms with Gasteiger partial charge in [0.2, 0.25) is 5.91 Å². The van der Waals surface area contributed by atoms with E-state index in [2.05, 4.69) is 5.32 Å². The van der Waals surface area contributed by atoms with Gasteiger partial charge in [-0.3, -0.25) is 13.8 Å². The van der Waals surface area contributed by atoms with Crippen molar-refractivity contribution in [1.82, 2.24) is 5.32 Å². The molecule has 33 heavy (non-hydrogen) atoms. The molecule has 3 N–H and O–H groups in total. The minimum Gasteiger partial charge on any atom is -0.479 e. The first-order valence-electron chi connectivity index (χ1n) is 10.6. The highest BCUT2D eigenvalue weighted by Crippen LogP contribution is 2.39. The predicted octanol–water partition coefficient (Wildman–Crippen LogP) is 1.78. The maximum absolute atomic E-state index is 12.8. The number of aliphatic hydroxyl groups is 1. The maximum atomic E-state index is 12.8. The fourth-order valence-corrected chi connectivity index (χ4v) is 4.37. The number of esters is 1. The predicted molar refractivity (Wildman–Crippen MR) is 120 cm³/mol. The molecule has 1 aromatic carbocycles. The van der Waals surface area contributed by atoms with Crippen molar-refractivity contribution in [2.24, 2.45) is 5.41 Å². The van der Waals surface area contributed by atoms with E-state index in [0.29, 0.717) is 12.0 Å². The van der Waals surface area contributed by atoms with Gasteiger partial charge in [-0.15, -0.1) is 0 Å². The molecule has 1 aromatic rings. The van der Waals surface area contributed by atoms with Gasteiger partial charge in [-0.2, -0.15) is 8.42 Å². The fourth-order valence-electron chi connectivity index (χ4n) is 3.11. The van der Waals surface area contributed by atoms with E-state index in [-0.39, 0.29) is 25.3 Å². The van der Waals surface area contributed by atoms with Crippen molar-refractivity contribution < 1.29 is 41.9 Å². The average Bonchev–Trinajstić information content (AvgIpc) is 2.73. The van der Waals surface area contributed by atoms with Crippen LogP contribution < -0.4 is 5.32 Å². The van der Waals surface area contributed by atoms with Crippen molar-refractivity contribution in [3.63, 3.8) is 0 Å². The highest BCUT2D eigenvalue weighted by Gasteiger charge is 2.49. The van der Waals surface area contributed by atoms with E-state index < -0.39 is 51.5 Å². The second-order valence-electron chi connectivity index (χ2n) is 8.25. The summed E-state index contributed by atoms with van der Waals surface area (Å²) >= 11 is 0. The zero-order chi connectivity index (χ0) is 25.2. The molecule has 0 aliphatic rings. The van der Waals surface area contributed by atoms with Crippen LogP contribution >= 0.6 is 0 Å². The molecule has 0 radical (unpaired) electrons. The van der Waals surface area contributed by atoms with Gasteiger partial charge in [0.05, 0.1) is 5.75 Å². The lowest BCUT2D eigenvalue weighted by Gasteiger charge is -2.39. The Morgan fingerprint density at radius 1 is 1.15 bits per heavy atom. The van der Waals surface area contributed by atoms with Crippen LogP contribution in [0.2, 0.25) is 0 Å². The third-order valence-corrected chi connectivity index (χ3v) is 6.27. The first kappa shape index (κ1) is 28.5. The molecular weight excluding hydrogens is 454 g/mol. The topological polar surface area (TPSA) is 156 Å². The summed E-state index contributed by atoms with van der Waals surface area (Å²) in [4.78, 5) is 34.9. The molecule has 0 aliphatic carbocycles. The van der Waals surface area contributed by atoms with Crippen molar-refractivity contribution in [2.75, 3.05) is 12.3 Å². The molecule has 3 atom stereocenters. The van der Waals surface area contributed by atoms with Gasteiger partial charge in [0.1, 0.15) is 6.10 Å². The largest absolute Gasteiger partial charge is 0.479 e. The van der Waals surface area contributed by atoms with Crippen LogP contribution in [0.5, 0.6) is 0 Å². The smallest absolute Gasteiger partial charge is 0.333 e. The molecular formula is C22H33NO9S. The Labute approximate surface area is 194 Å². The van der Waals surface area contributed by atoms with E-state index >= 15 is 0 Å². The minimum atomic E-state index is -4.27. The Kier molecular flexibility index (Phi) is 10.9. The molecule has 0 saturated carbocycles. The number of carbonyl (C=O) groups is 3. The van der Waals surface area contributed by atoms with Gasteiger partial charge >= 0.3 is 11.9 Å². The number of nitrogens with one attached hydrogen (secondary N) is 1. The number of carbonyl (C=O) groups excluding carboxylic acids is 2. The van der Waals surface area contributed by atoms with Crippen LogP contribution in [0, 0.1) is 5.41 Å². The summed E-state index contributed by atoms with van der Waals surface area (Å²) in [6.07, 6.45) is -4.30. The second kappa shape index (κ2) is 12.7. The summed E-state index contributed by atoms with van der Waals surface area (Å²) in [5, 5.41) is 22.3. The van der Waals surface area contributed by atoms with Gasteiger partial charge in [0.25, 0.3) is 10.1 Å². The number of aliphatic carboxylic acids is 1. The summed E-state index contributed by atoms with van der Waals surface area (Å²) in [5.74, 6) is -3.00. The Hall–Kier alpha value is -2.50. The lowest BCUT2D eigenvalue weighted by atomic mass is 9.77. The van der Waals surface area contributed by atoms with Crippen molar-refractivity contribution >= 4 is 28.0 Å². The molecule has 0 heterocycles. The van der Waals surface area contributed by atoms with Crippen LogP contribution in [0.25, 0.3) is 0 Å². The molecule has 0 saturated heterocycles. The van der Waals surface area contributed by atoms with Crippen molar-refractivity contribution in [3.05, 3.63) is 35.9 Å². The summed E-state index contributed by atoms with van der Waals surface area (Å²) in [5.41, 5.74) is -1.31. The maximum Gasteiger partial charge on any atom is 0.333 e. The van der Waals surface area contributed by atoms with Crippen molar-refractivity contribution in [1.29, 1.82) is 0 Å². The number of amides is 1. The first-order valence-corrected chi connectivity index (χ1v) is 12.2. The van der Waals surface area contributed by atoms with E-state index in [9.17, 15) is 33.0 Å². The standard InChI is InChI=1S/C22H33NO9S/c1-5-10-17(25)31-18(16-11-7-6-8-12-16)20(22(3,4)19(26)21(27)28)32-33(29,30)14-9-13-23-15(2)24/h6-8,11-12,18-20,26H,5,9-10,13-14H2,1-4H3,(H,23,24)(H,27,28)/t18?,19-,20?/m0/s1. The molecule has 0 aliphatic heterocycles. The Morgan fingerprint density at radius 2 is 1.76 bits per heavy atom. The first-order chi connectivity index (χ1) is 15.3. The second-order valence-corrected chi connectivity index (χ2v) is 9.96. The number of ether oxygens (including phenoxy) is 1. The van der Waals surface area contributed by atoms with E-state index in [1.807, 2.05) is 0 Å². The summed E-state index contributed by atoms with van der Waals surface area (Å²) in [6, 6.07) is 8.19. The monoisotopic (exact) mass is 487 g/mol. The van der Waals surface area contributed by atoms with E-state index in [1.165, 1.54) is 20.8 Å². The highest BCUT2D eigenvalue weighted by atomic mass is 32.2. The van der Waals surface area contributed by atoms with Crippen LogP contribution in [0.1, 0.15) is 58.6 Å². The Bertz CT molecular complexity index is 900. The van der Waals surface area contributed by atoms with E-state index in [4.69, 9.17) is 8.92 Å². The molecule has 1 amide bonds. The molecule has 10 nitrogen and oxygen atoms in total. The highest BCUT2D eigenvalue weighted by molar-refractivity contribution is 7.86. The Balaban J connectivity index is 3.39. The zero-order valence-corrected chi connectivity index (χ0v) is 20.1. The van der Waals surface area contributed by atoms with Crippen LogP contribution in [-0.4, -0.2) is 61.0 Å². The van der Waals surface area contributed by atoms with Gasteiger partial charge in [0.15, 0.2) is 12.2 Å². The number of rotatable bonds is 14. The van der Waals surface area contributed by atoms with E-state index in [0.717, 1.165) is 0 Å². The molecule has 0 spiro atoms. The van der Waals surface area contributed by atoms with Crippen LogP contribution in [0.15, 0.2) is 30.3 Å². The van der Waals surface area contributed by atoms with Crippen LogP contribution in [0.3, 0.4) is 0 Å². The summed E-state index contributed by atoms with van der Waals surface area (Å²) < 4.78 is 36.5. The van der Waals surface area contributed by atoms with Crippen LogP contribution in [0.4, 0.5) is 0 Å². The van der Waals surface area contributed by atoms with Gasteiger partial charge in [0, 0.05) is 25.3 Å². The number of hydrogen-bond acceptors (Lipinski definition) is 8. The molecule has 186 valence electrons. The number of hydrogen-bond donors (Lipinski definition) is 3. The molecule has 0 aromatic heterocycles. The van der Waals surface area contributed by atoms with Crippen LogP contribution in [-0.2, 0) is 33.4 Å². The number of carboxylic acid groups (broad SMARTS) is 1. The quantitative estimate of drug-likeness (QED) is 0.202. The molecule has 0 bridgehead atoms. The number of carboxylic acids is 1. The average molecular weight is 488 g/mol. The van der Waals surface area contributed by atoms with Crippen molar-refractivity contribution in [2.45, 2.75) is 65.3 Å². The SMILES string of the molecule is CCCC(=O)OC(c1ccccc1)C(OS(=O)(=O)CCCNC(C)=O)C(C)(C)[C@@H](O)C(=O)O. The number of aliphatic hydroxyl groups excluding tert-OH is 1.